The molecule has 2 rings (SSSR count). The van der Waals surface area contributed by atoms with Crippen molar-refractivity contribution in [2.45, 2.75) is 11.8 Å². The second kappa shape index (κ2) is 5.38. The van der Waals surface area contributed by atoms with Crippen molar-refractivity contribution in [2.24, 2.45) is 5.92 Å². The lowest BCUT2D eigenvalue weighted by Crippen LogP contribution is -2.11. The Morgan fingerprint density at radius 3 is 2.68 bits per heavy atom. The van der Waals surface area contributed by atoms with Crippen LogP contribution in [-0.4, -0.2) is 24.8 Å². The van der Waals surface area contributed by atoms with Crippen LogP contribution in [0.3, 0.4) is 0 Å². The maximum Gasteiger partial charge on any atom is 0.275 e. The SMILES string of the molecule is O=[N+]([O-])c1cc(Br)ccc1C(Cl)C1CCS(=O)(=O)C1. The van der Waals surface area contributed by atoms with Gasteiger partial charge in [-0.15, -0.1) is 11.6 Å². The fourth-order valence-electron chi connectivity index (χ4n) is 2.22. The lowest BCUT2D eigenvalue weighted by Gasteiger charge is -2.16. The minimum absolute atomic E-state index is 0.00557. The molecule has 2 unspecified atom stereocenters. The fourth-order valence-corrected chi connectivity index (χ4v) is 4.91. The van der Waals surface area contributed by atoms with Gasteiger partial charge in [0.15, 0.2) is 9.84 Å². The van der Waals surface area contributed by atoms with Crippen molar-refractivity contribution >= 4 is 43.1 Å². The van der Waals surface area contributed by atoms with Crippen LogP contribution in [0.25, 0.3) is 0 Å². The second-order valence-corrected chi connectivity index (χ2v) is 8.14. The number of sulfone groups is 1. The predicted molar refractivity (Wildman–Crippen MR) is 76.2 cm³/mol. The van der Waals surface area contributed by atoms with E-state index in [1.807, 2.05) is 0 Å². The molecule has 0 radical (unpaired) electrons. The van der Waals surface area contributed by atoms with Gasteiger partial charge in [-0.05, 0) is 24.5 Å². The zero-order valence-electron chi connectivity index (χ0n) is 9.75. The second-order valence-electron chi connectivity index (χ2n) is 4.53. The molecule has 1 heterocycles. The Kier molecular flexibility index (Phi) is 4.17. The number of rotatable bonds is 3. The van der Waals surface area contributed by atoms with Crippen molar-refractivity contribution in [2.75, 3.05) is 11.5 Å². The number of nitro groups is 1. The third-order valence-electron chi connectivity index (χ3n) is 3.17. The monoisotopic (exact) mass is 367 g/mol. The molecule has 0 spiro atoms. The van der Waals surface area contributed by atoms with Crippen LogP contribution in [0.15, 0.2) is 22.7 Å². The molecule has 1 aliphatic rings. The summed E-state index contributed by atoms with van der Waals surface area (Å²) in [5.74, 6) is -0.175. The fraction of sp³-hybridized carbons (Fsp3) is 0.455. The standard InChI is InChI=1S/C11H11BrClNO4S/c12-8-1-2-9(10(5-8)14(15)16)11(13)7-3-4-19(17,18)6-7/h1-2,5,7,11H,3-4,6H2. The number of nitrogens with zero attached hydrogens (tertiary/aromatic N) is 1. The summed E-state index contributed by atoms with van der Waals surface area (Å²) in [5, 5.41) is 10.4. The number of halogens is 2. The summed E-state index contributed by atoms with van der Waals surface area (Å²) in [6, 6.07) is 4.63. The van der Waals surface area contributed by atoms with Crippen LogP contribution in [-0.2, 0) is 9.84 Å². The minimum atomic E-state index is -3.05. The summed E-state index contributed by atoms with van der Waals surface area (Å²) < 4.78 is 23.5. The van der Waals surface area contributed by atoms with E-state index in [9.17, 15) is 18.5 Å². The van der Waals surface area contributed by atoms with Gasteiger partial charge in [0.25, 0.3) is 5.69 Å². The normalized spacial score (nSPS) is 23.2. The Bertz CT molecular complexity index is 619. The third kappa shape index (κ3) is 3.27. The molecule has 1 fully saturated rings. The van der Waals surface area contributed by atoms with Crippen LogP contribution in [0.4, 0.5) is 5.69 Å². The Morgan fingerprint density at radius 1 is 1.47 bits per heavy atom. The van der Waals surface area contributed by atoms with E-state index >= 15 is 0 Å². The van der Waals surface area contributed by atoms with E-state index < -0.39 is 20.1 Å². The van der Waals surface area contributed by atoms with Gasteiger partial charge in [-0.25, -0.2) is 8.42 Å². The van der Waals surface area contributed by atoms with Crippen LogP contribution >= 0.6 is 27.5 Å². The third-order valence-corrected chi connectivity index (χ3v) is 6.05. The van der Waals surface area contributed by atoms with E-state index in [0.29, 0.717) is 16.5 Å². The molecule has 1 aliphatic heterocycles. The highest BCUT2D eigenvalue weighted by molar-refractivity contribution is 9.10. The Labute approximate surface area is 124 Å². The zero-order chi connectivity index (χ0) is 14.2. The van der Waals surface area contributed by atoms with Gasteiger partial charge in [0.1, 0.15) is 0 Å². The first kappa shape index (κ1) is 14.7. The van der Waals surface area contributed by atoms with E-state index in [4.69, 9.17) is 11.6 Å². The smallest absolute Gasteiger partial charge is 0.258 e. The van der Waals surface area contributed by atoms with Crippen LogP contribution in [0.2, 0.25) is 0 Å². The van der Waals surface area contributed by atoms with Crippen LogP contribution in [0, 0.1) is 16.0 Å². The van der Waals surface area contributed by atoms with E-state index in [-0.39, 0.29) is 23.1 Å². The molecule has 0 aromatic heterocycles. The highest BCUT2D eigenvalue weighted by Crippen LogP contribution is 2.40. The van der Waals surface area contributed by atoms with Crippen molar-refractivity contribution in [1.82, 2.24) is 0 Å². The molecule has 0 bridgehead atoms. The van der Waals surface area contributed by atoms with Crippen molar-refractivity contribution < 1.29 is 13.3 Å². The highest BCUT2D eigenvalue weighted by atomic mass is 79.9. The molecular weight excluding hydrogens is 358 g/mol. The molecule has 1 saturated heterocycles. The number of hydrogen-bond donors (Lipinski definition) is 0. The van der Waals surface area contributed by atoms with Gasteiger partial charge in [-0.1, -0.05) is 15.9 Å². The van der Waals surface area contributed by atoms with E-state index in [1.54, 1.807) is 12.1 Å². The molecule has 0 amide bonds. The average molecular weight is 369 g/mol. The molecule has 2 atom stereocenters. The van der Waals surface area contributed by atoms with Crippen LogP contribution in [0.5, 0.6) is 0 Å². The van der Waals surface area contributed by atoms with Gasteiger partial charge < -0.3 is 0 Å². The van der Waals surface area contributed by atoms with Gasteiger partial charge in [0, 0.05) is 16.1 Å². The zero-order valence-corrected chi connectivity index (χ0v) is 12.9. The maximum absolute atomic E-state index is 11.4. The minimum Gasteiger partial charge on any atom is -0.258 e. The highest BCUT2D eigenvalue weighted by Gasteiger charge is 2.36. The molecule has 104 valence electrons. The van der Waals surface area contributed by atoms with Gasteiger partial charge >= 0.3 is 0 Å². The quantitative estimate of drug-likeness (QED) is 0.467. The van der Waals surface area contributed by atoms with E-state index in [1.165, 1.54) is 6.07 Å². The van der Waals surface area contributed by atoms with Gasteiger partial charge in [-0.3, -0.25) is 10.1 Å². The first-order valence-electron chi connectivity index (χ1n) is 5.58. The molecule has 5 nitrogen and oxygen atoms in total. The summed E-state index contributed by atoms with van der Waals surface area (Å²) in [4.78, 5) is 10.5. The van der Waals surface area contributed by atoms with Crippen molar-refractivity contribution in [3.05, 3.63) is 38.3 Å². The number of benzene rings is 1. The molecule has 1 aromatic carbocycles. The summed E-state index contributed by atoms with van der Waals surface area (Å²) in [6.45, 7) is 0. The number of hydrogen-bond acceptors (Lipinski definition) is 4. The molecule has 0 aliphatic carbocycles. The van der Waals surface area contributed by atoms with Gasteiger partial charge in [0.05, 0.1) is 21.8 Å². The van der Waals surface area contributed by atoms with Gasteiger partial charge in [0.2, 0.25) is 0 Å². The summed E-state index contributed by atoms with van der Waals surface area (Å²) in [6.07, 6.45) is 0.448. The summed E-state index contributed by atoms with van der Waals surface area (Å²) in [7, 11) is -3.05. The van der Waals surface area contributed by atoms with Crippen LogP contribution < -0.4 is 0 Å². The number of alkyl halides is 1. The molecule has 0 saturated carbocycles. The first-order valence-corrected chi connectivity index (χ1v) is 8.63. The van der Waals surface area contributed by atoms with E-state index in [2.05, 4.69) is 15.9 Å². The van der Waals surface area contributed by atoms with Crippen molar-refractivity contribution in [3.63, 3.8) is 0 Å². The molecule has 0 N–H and O–H groups in total. The maximum atomic E-state index is 11.4. The topological polar surface area (TPSA) is 77.3 Å². The lowest BCUT2D eigenvalue weighted by molar-refractivity contribution is -0.385. The predicted octanol–water partition coefficient (Wildman–Crippen LogP) is 3.07. The van der Waals surface area contributed by atoms with Gasteiger partial charge in [-0.2, -0.15) is 0 Å². The molecule has 1 aromatic rings. The number of nitro benzene ring substituents is 1. The largest absolute Gasteiger partial charge is 0.275 e. The lowest BCUT2D eigenvalue weighted by atomic mass is 9.97. The van der Waals surface area contributed by atoms with E-state index in [0.717, 1.165) is 0 Å². The summed E-state index contributed by atoms with van der Waals surface area (Å²) in [5.41, 5.74) is 0.288. The first-order chi connectivity index (χ1) is 8.80. The molecule has 8 heteroatoms. The Hall–Kier alpha value is -0.660. The average Bonchev–Trinajstić information content (AvgIpc) is 2.68. The molecular formula is C11H11BrClNO4S. The Balaban J connectivity index is 2.34. The molecule has 19 heavy (non-hydrogen) atoms. The van der Waals surface area contributed by atoms with Crippen molar-refractivity contribution in [3.8, 4) is 0 Å². The van der Waals surface area contributed by atoms with Crippen molar-refractivity contribution in [1.29, 1.82) is 0 Å². The Morgan fingerprint density at radius 2 is 2.16 bits per heavy atom. The van der Waals surface area contributed by atoms with Crippen LogP contribution in [0.1, 0.15) is 17.4 Å². The summed E-state index contributed by atoms with van der Waals surface area (Å²) >= 11 is 9.43.